The van der Waals surface area contributed by atoms with E-state index in [2.05, 4.69) is 66.7 Å². The summed E-state index contributed by atoms with van der Waals surface area (Å²) in [6.07, 6.45) is 4.23. The second kappa shape index (κ2) is 6.67. The van der Waals surface area contributed by atoms with Crippen molar-refractivity contribution in [3.63, 3.8) is 0 Å². The van der Waals surface area contributed by atoms with Gasteiger partial charge in [0.1, 0.15) is 0 Å². The third-order valence-corrected chi connectivity index (χ3v) is 6.08. The maximum absolute atomic E-state index is 11.6. The Morgan fingerprint density at radius 2 is 1.77 bits per heavy atom. The molecule has 1 aliphatic carbocycles. The number of anilines is 2. The van der Waals surface area contributed by atoms with E-state index < -0.39 is 5.97 Å². The van der Waals surface area contributed by atoms with Crippen LogP contribution in [0, 0.1) is 5.92 Å². The van der Waals surface area contributed by atoms with Crippen molar-refractivity contribution in [2.24, 2.45) is 5.92 Å². The van der Waals surface area contributed by atoms with Gasteiger partial charge < -0.3 is 15.3 Å². The maximum Gasteiger partial charge on any atom is 0.307 e. The van der Waals surface area contributed by atoms with Crippen LogP contribution in [0.2, 0.25) is 0 Å². The molecule has 2 aliphatic rings. The molecular weight excluding hydrogens is 324 g/mol. The zero-order valence-corrected chi connectivity index (χ0v) is 15.4. The fourth-order valence-electron chi connectivity index (χ4n) is 4.42. The zero-order valence-electron chi connectivity index (χ0n) is 15.4. The third-order valence-electron chi connectivity index (χ3n) is 6.08. The van der Waals surface area contributed by atoms with E-state index in [-0.39, 0.29) is 11.8 Å². The van der Waals surface area contributed by atoms with Gasteiger partial charge in [-0.25, -0.2) is 0 Å². The van der Waals surface area contributed by atoms with E-state index in [0.29, 0.717) is 6.17 Å². The minimum absolute atomic E-state index is 0.145. The molecule has 4 heteroatoms. The second-order valence-corrected chi connectivity index (χ2v) is 7.62. The standard InChI is InChI=1S/C22H26N2O2/c1-14-23-20-13-17(11-12-21(20)24(14)2)15-7-9-16(10-8-15)18-5-3-4-6-19(18)22(25)26/h7-14,18-19,23H,3-6H2,1-2H3,(H,25,26)/t14?,18-,19?/m0/s1. The molecule has 1 fully saturated rings. The Hall–Kier alpha value is -2.49. The Bertz CT molecular complexity index is 815. The molecule has 1 saturated carbocycles. The predicted octanol–water partition coefficient (Wildman–Crippen LogP) is 4.92. The van der Waals surface area contributed by atoms with Crippen molar-refractivity contribution in [3.8, 4) is 11.1 Å². The first-order chi connectivity index (χ1) is 12.5. The first-order valence-electron chi connectivity index (χ1n) is 9.51. The smallest absolute Gasteiger partial charge is 0.307 e. The number of carboxylic acid groups (broad SMARTS) is 1. The molecule has 4 nitrogen and oxygen atoms in total. The monoisotopic (exact) mass is 350 g/mol. The first kappa shape index (κ1) is 17.0. The van der Waals surface area contributed by atoms with Crippen LogP contribution >= 0.6 is 0 Å². The Morgan fingerprint density at radius 3 is 2.50 bits per heavy atom. The largest absolute Gasteiger partial charge is 0.481 e. The molecule has 0 bridgehead atoms. The van der Waals surface area contributed by atoms with Crippen molar-refractivity contribution < 1.29 is 9.90 Å². The van der Waals surface area contributed by atoms with Gasteiger partial charge in [0.15, 0.2) is 0 Å². The summed E-state index contributed by atoms with van der Waals surface area (Å²) in [6.45, 7) is 2.15. The van der Waals surface area contributed by atoms with Crippen LogP contribution in [0.15, 0.2) is 42.5 Å². The molecule has 3 atom stereocenters. The quantitative estimate of drug-likeness (QED) is 0.825. The van der Waals surface area contributed by atoms with Crippen LogP contribution in [0.3, 0.4) is 0 Å². The van der Waals surface area contributed by atoms with Crippen molar-refractivity contribution in [2.45, 2.75) is 44.7 Å². The molecular formula is C22H26N2O2. The van der Waals surface area contributed by atoms with Gasteiger partial charge in [0.05, 0.1) is 23.5 Å². The third kappa shape index (κ3) is 2.94. The van der Waals surface area contributed by atoms with Crippen molar-refractivity contribution >= 4 is 17.3 Å². The Balaban J connectivity index is 1.59. The molecule has 1 heterocycles. The number of carbonyl (C=O) groups is 1. The van der Waals surface area contributed by atoms with Gasteiger partial charge in [-0.15, -0.1) is 0 Å². The number of nitrogens with one attached hydrogen (secondary N) is 1. The van der Waals surface area contributed by atoms with Gasteiger partial charge in [-0.05, 0) is 54.5 Å². The van der Waals surface area contributed by atoms with E-state index in [1.165, 1.54) is 22.5 Å². The molecule has 136 valence electrons. The number of rotatable bonds is 3. The molecule has 26 heavy (non-hydrogen) atoms. The summed E-state index contributed by atoms with van der Waals surface area (Å²) in [5.41, 5.74) is 5.91. The van der Waals surface area contributed by atoms with E-state index in [9.17, 15) is 9.90 Å². The van der Waals surface area contributed by atoms with Crippen molar-refractivity contribution in [2.75, 3.05) is 17.3 Å². The number of carboxylic acids is 1. The number of hydrogen-bond donors (Lipinski definition) is 2. The molecule has 0 radical (unpaired) electrons. The SMILES string of the molecule is CC1Nc2cc(-c3ccc([C@@H]4CCCCC4C(=O)O)cc3)ccc2N1C. The lowest BCUT2D eigenvalue weighted by molar-refractivity contribution is -0.143. The lowest BCUT2D eigenvalue weighted by Gasteiger charge is -2.29. The summed E-state index contributed by atoms with van der Waals surface area (Å²) in [6, 6.07) is 15.0. The van der Waals surface area contributed by atoms with Crippen molar-refractivity contribution in [1.29, 1.82) is 0 Å². The van der Waals surface area contributed by atoms with Crippen LogP contribution < -0.4 is 10.2 Å². The van der Waals surface area contributed by atoms with E-state index in [1.54, 1.807) is 0 Å². The summed E-state index contributed by atoms with van der Waals surface area (Å²) < 4.78 is 0. The average Bonchev–Trinajstić information content (AvgIpc) is 2.95. The fourth-order valence-corrected chi connectivity index (χ4v) is 4.42. The Morgan fingerprint density at radius 1 is 1.08 bits per heavy atom. The van der Waals surface area contributed by atoms with Gasteiger partial charge in [-0.1, -0.05) is 43.2 Å². The van der Waals surface area contributed by atoms with E-state index in [4.69, 9.17) is 0 Å². The fraction of sp³-hybridized carbons (Fsp3) is 0.409. The van der Waals surface area contributed by atoms with Crippen molar-refractivity contribution in [1.82, 2.24) is 0 Å². The van der Waals surface area contributed by atoms with E-state index in [1.807, 2.05) is 0 Å². The highest BCUT2D eigenvalue weighted by Gasteiger charge is 2.31. The number of aliphatic carboxylic acids is 1. The van der Waals surface area contributed by atoms with Gasteiger partial charge in [0.2, 0.25) is 0 Å². The van der Waals surface area contributed by atoms with Gasteiger partial charge in [-0.2, -0.15) is 0 Å². The highest BCUT2D eigenvalue weighted by molar-refractivity contribution is 5.81. The summed E-state index contributed by atoms with van der Waals surface area (Å²) >= 11 is 0. The minimum Gasteiger partial charge on any atom is -0.481 e. The van der Waals surface area contributed by atoms with Crippen LogP contribution in [0.25, 0.3) is 11.1 Å². The summed E-state index contributed by atoms with van der Waals surface area (Å²) in [5.74, 6) is -0.746. The first-order valence-corrected chi connectivity index (χ1v) is 9.51. The molecule has 2 N–H and O–H groups in total. The molecule has 1 aliphatic heterocycles. The molecule has 0 amide bonds. The highest BCUT2D eigenvalue weighted by Crippen LogP contribution is 2.40. The number of nitrogens with zero attached hydrogens (tertiary/aromatic N) is 1. The van der Waals surface area contributed by atoms with Crippen molar-refractivity contribution in [3.05, 3.63) is 48.0 Å². The highest BCUT2D eigenvalue weighted by atomic mass is 16.4. The predicted molar refractivity (Wildman–Crippen MR) is 106 cm³/mol. The van der Waals surface area contributed by atoms with Crippen LogP contribution in [0.4, 0.5) is 11.4 Å². The molecule has 4 rings (SSSR count). The summed E-state index contributed by atoms with van der Waals surface area (Å²) in [7, 11) is 2.10. The normalized spacial score (nSPS) is 24.8. The van der Waals surface area contributed by atoms with Gasteiger partial charge in [-0.3, -0.25) is 4.79 Å². The zero-order chi connectivity index (χ0) is 18.3. The molecule has 2 aromatic carbocycles. The molecule has 2 unspecified atom stereocenters. The lowest BCUT2D eigenvalue weighted by atomic mass is 9.75. The van der Waals surface area contributed by atoms with Crippen LogP contribution in [-0.2, 0) is 4.79 Å². The average molecular weight is 350 g/mol. The van der Waals surface area contributed by atoms with Gasteiger partial charge >= 0.3 is 5.97 Å². The van der Waals surface area contributed by atoms with Gasteiger partial charge in [0, 0.05) is 7.05 Å². The van der Waals surface area contributed by atoms with Crippen LogP contribution in [0.1, 0.15) is 44.1 Å². The topological polar surface area (TPSA) is 52.6 Å². The summed E-state index contributed by atoms with van der Waals surface area (Å²) in [4.78, 5) is 13.8. The molecule has 2 aromatic rings. The molecule has 0 aromatic heterocycles. The molecule has 0 saturated heterocycles. The van der Waals surface area contributed by atoms with Crippen LogP contribution in [0.5, 0.6) is 0 Å². The second-order valence-electron chi connectivity index (χ2n) is 7.62. The van der Waals surface area contributed by atoms with Crippen LogP contribution in [-0.4, -0.2) is 24.3 Å². The van der Waals surface area contributed by atoms with Gasteiger partial charge in [0.25, 0.3) is 0 Å². The summed E-state index contributed by atoms with van der Waals surface area (Å²) in [5, 5.41) is 13.0. The maximum atomic E-state index is 11.6. The number of hydrogen-bond acceptors (Lipinski definition) is 3. The lowest BCUT2D eigenvalue weighted by Crippen LogP contribution is -2.28. The Labute approximate surface area is 154 Å². The number of benzene rings is 2. The Kier molecular flexibility index (Phi) is 4.35. The minimum atomic E-state index is -0.651. The number of fused-ring (bicyclic) bond motifs is 1. The van der Waals surface area contributed by atoms with E-state index in [0.717, 1.165) is 31.2 Å². The van der Waals surface area contributed by atoms with E-state index >= 15 is 0 Å². The molecule has 0 spiro atoms.